The normalized spacial score (nSPS) is 29.9. The average Bonchev–Trinajstić information content (AvgIpc) is 2.30. The second-order valence-electron chi connectivity index (χ2n) is 3.71. The third-order valence-corrected chi connectivity index (χ3v) is 2.72. The standard InChI is InChI=1S/C12H14N2O2/c1-3-5-10-11(4-2)16-8-9-6-13-7-12(15)14(9)10/h1,4-5,9,13H,6-8H2,2H3/b10-5+,11-4+. The van der Waals surface area contributed by atoms with E-state index in [0.717, 1.165) is 6.54 Å². The van der Waals surface area contributed by atoms with Gasteiger partial charge in [0.05, 0.1) is 18.3 Å². The molecular formula is C12H14N2O2. The van der Waals surface area contributed by atoms with Gasteiger partial charge in [0.25, 0.3) is 0 Å². The van der Waals surface area contributed by atoms with Crippen molar-refractivity contribution < 1.29 is 9.53 Å². The van der Waals surface area contributed by atoms with E-state index in [2.05, 4.69) is 11.2 Å². The second-order valence-corrected chi connectivity index (χ2v) is 3.71. The highest BCUT2D eigenvalue weighted by Gasteiger charge is 2.36. The Hall–Kier alpha value is -1.73. The van der Waals surface area contributed by atoms with Crippen LogP contribution >= 0.6 is 0 Å². The van der Waals surface area contributed by atoms with E-state index in [1.54, 1.807) is 11.0 Å². The van der Waals surface area contributed by atoms with Crippen LogP contribution in [0.5, 0.6) is 0 Å². The van der Waals surface area contributed by atoms with Crippen LogP contribution in [-0.2, 0) is 9.53 Å². The number of amides is 1. The number of piperazine rings is 1. The Morgan fingerprint density at radius 1 is 1.69 bits per heavy atom. The van der Waals surface area contributed by atoms with Crippen molar-refractivity contribution in [1.29, 1.82) is 0 Å². The number of rotatable bonds is 0. The minimum absolute atomic E-state index is 0.0420. The van der Waals surface area contributed by atoms with E-state index in [9.17, 15) is 4.79 Å². The van der Waals surface area contributed by atoms with Crippen LogP contribution < -0.4 is 5.32 Å². The molecule has 2 heterocycles. The Labute approximate surface area is 94.9 Å². The van der Waals surface area contributed by atoms with Crippen molar-refractivity contribution in [2.24, 2.45) is 0 Å². The van der Waals surface area contributed by atoms with Crippen LogP contribution in [0.4, 0.5) is 0 Å². The molecule has 0 bridgehead atoms. The van der Waals surface area contributed by atoms with Crippen LogP contribution in [0.25, 0.3) is 0 Å². The molecule has 84 valence electrons. The molecule has 16 heavy (non-hydrogen) atoms. The van der Waals surface area contributed by atoms with Gasteiger partial charge >= 0.3 is 0 Å². The predicted molar refractivity (Wildman–Crippen MR) is 60.1 cm³/mol. The van der Waals surface area contributed by atoms with E-state index in [-0.39, 0.29) is 11.9 Å². The monoisotopic (exact) mass is 218 g/mol. The summed E-state index contributed by atoms with van der Waals surface area (Å²) in [6.45, 7) is 3.48. The van der Waals surface area contributed by atoms with Gasteiger partial charge in [-0.05, 0) is 13.0 Å². The SMILES string of the molecule is C#C/C=C1\C(=C/C)OCC2CNCC(=O)N12. The Bertz CT molecular complexity index is 404. The Balaban J connectivity index is 2.37. The number of terminal acetylenes is 1. The summed E-state index contributed by atoms with van der Waals surface area (Å²) in [7, 11) is 0. The molecule has 4 nitrogen and oxygen atoms in total. The number of fused-ring (bicyclic) bond motifs is 1. The molecule has 2 fully saturated rings. The summed E-state index contributed by atoms with van der Waals surface area (Å²) in [6, 6.07) is 0.0459. The minimum Gasteiger partial charge on any atom is -0.490 e. The first-order valence-electron chi connectivity index (χ1n) is 5.26. The first-order chi connectivity index (χ1) is 7.77. The molecule has 0 aromatic carbocycles. The highest BCUT2D eigenvalue weighted by molar-refractivity contribution is 5.82. The second kappa shape index (κ2) is 4.42. The molecular weight excluding hydrogens is 204 g/mol. The molecule has 4 heteroatoms. The zero-order valence-electron chi connectivity index (χ0n) is 9.19. The summed E-state index contributed by atoms with van der Waals surface area (Å²) in [5, 5.41) is 3.06. The molecule has 2 saturated heterocycles. The van der Waals surface area contributed by atoms with Crippen molar-refractivity contribution in [3.63, 3.8) is 0 Å². The third-order valence-electron chi connectivity index (χ3n) is 2.72. The Kier molecular flexibility index (Phi) is 2.97. The van der Waals surface area contributed by atoms with Crippen LogP contribution in [0.1, 0.15) is 6.92 Å². The van der Waals surface area contributed by atoms with E-state index >= 15 is 0 Å². The van der Waals surface area contributed by atoms with Crippen LogP contribution in [0, 0.1) is 12.3 Å². The third kappa shape index (κ3) is 1.70. The molecule has 0 spiro atoms. The zero-order valence-corrected chi connectivity index (χ0v) is 9.19. The predicted octanol–water partition coefficient (Wildman–Crippen LogP) is 0.238. The molecule has 0 radical (unpaired) electrons. The Morgan fingerprint density at radius 3 is 3.19 bits per heavy atom. The van der Waals surface area contributed by atoms with E-state index in [4.69, 9.17) is 11.2 Å². The summed E-state index contributed by atoms with van der Waals surface area (Å²) in [5.74, 6) is 3.18. The highest BCUT2D eigenvalue weighted by atomic mass is 16.5. The molecule has 0 aromatic rings. The number of ether oxygens (including phenoxy) is 1. The Morgan fingerprint density at radius 2 is 2.50 bits per heavy atom. The lowest BCUT2D eigenvalue weighted by atomic mass is 10.1. The van der Waals surface area contributed by atoms with Gasteiger partial charge in [-0.25, -0.2) is 0 Å². The number of hydrogen-bond acceptors (Lipinski definition) is 3. The number of carbonyl (C=O) groups is 1. The molecule has 0 aliphatic carbocycles. The largest absolute Gasteiger partial charge is 0.490 e. The fraction of sp³-hybridized carbons (Fsp3) is 0.417. The van der Waals surface area contributed by atoms with Gasteiger partial charge in [-0.3, -0.25) is 9.69 Å². The number of hydrogen-bond donors (Lipinski definition) is 1. The van der Waals surface area contributed by atoms with Crippen molar-refractivity contribution in [3.05, 3.63) is 23.6 Å². The number of allylic oxidation sites excluding steroid dienone is 2. The van der Waals surface area contributed by atoms with Crippen molar-refractivity contribution in [3.8, 4) is 12.3 Å². The molecule has 1 unspecified atom stereocenters. The van der Waals surface area contributed by atoms with Gasteiger partial charge in [-0.15, -0.1) is 6.42 Å². The van der Waals surface area contributed by atoms with E-state index < -0.39 is 0 Å². The lowest BCUT2D eigenvalue weighted by Gasteiger charge is -2.41. The van der Waals surface area contributed by atoms with Gasteiger partial charge in [0.1, 0.15) is 12.4 Å². The number of carbonyl (C=O) groups excluding carboxylic acids is 1. The first kappa shape index (κ1) is 10.8. The first-order valence-corrected chi connectivity index (χ1v) is 5.26. The highest BCUT2D eigenvalue weighted by Crippen LogP contribution is 2.26. The molecule has 2 rings (SSSR count). The van der Waals surface area contributed by atoms with Gasteiger partial charge in [0.15, 0.2) is 0 Å². The van der Waals surface area contributed by atoms with Crippen LogP contribution in [0.3, 0.4) is 0 Å². The summed E-state index contributed by atoms with van der Waals surface area (Å²) < 4.78 is 5.57. The van der Waals surface area contributed by atoms with Gasteiger partial charge in [-0.2, -0.15) is 0 Å². The molecule has 2 aliphatic heterocycles. The van der Waals surface area contributed by atoms with Crippen molar-refractivity contribution in [1.82, 2.24) is 10.2 Å². The summed E-state index contributed by atoms with van der Waals surface area (Å²) in [6.07, 6.45) is 8.70. The van der Waals surface area contributed by atoms with E-state index in [0.29, 0.717) is 24.6 Å². The number of nitrogens with zero attached hydrogens (tertiary/aromatic N) is 1. The molecule has 0 aromatic heterocycles. The quantitative estimate of drug-likeness (QED) is 0.592. The summed E-state index contributed by atoms with van der Waals surface area (Å²) in [4.78, 5) is 13.6. The van der Waals surface area contributed by atoms with Crippen molar-refractivity contribution >= 4 is 5.91 Å². The molecule has 0 saturated carbocycles. The molecule has 1 amide bonds. The number of nitrogens with one attached hydrogen (secondary N) is 1. The van der Waals surface area contributed by atoms with Crippen LogP contribution in [0.15, 0.2) is 23.6 Å². The maximum Gasteiger partial charge on any atom is 0.241 e. The fourth-order valence-corrected chi connectivity index (χ4v) is 2.02. The lowest BCUT2D eigenvalue weighted by Crippen LogP contribution is -2.58. The summed E-state index contributed by atoms with van der Waals surface area (Å²) >= 11 is 0. The van der Waals surface area contributed by atoms with Crippen molar-refractivity contribution in [2.75, 3.05) is 19.7 Å². The molecule has 1 atom stereocenters. The summed E-state index contributed by atoms with van der Waals surface area (Å²) in [5.41, 5.74) is 0.702. The maximum absolute atomic E-state index is 11.8. The maximum atomic E-state index is 11.8. The van der Waals surface area contributed by atoms with Gasteiger partial charge in [0.2, 0.25) is 5.91 Å². The number of morpholine rings is 1. The van der Waals surface area contributed by atoms with Crippen molar-refractivity contribution in [2.45, 2.75) is 13.0 Å². The molecule has 2 aliphatic rings. The zero-order chi connectivity index (χ0) is 11.5. The van der Waals surface area contributed by atoms with Crippen LogP contribution in [-0.4, -0.2) is 36.5 Å². The van der Waals surface area contributed by atoms with Crippen LogP contribution in [0.2, 0.25) is 0 Å². The fourth-order valence-electron chi connectivity index (χ4n) is 2.02. The van der Waals surface area contributed by atoms with Gasteiger partial charge < -0.3 is 10.1 Å². The van der Waals surface area contributed by atoms with E-state index in [1.807, 2.05) is 13.0 Å². The topological polar surface area (TPSA) is 41.6 Å². The lowest BCUT2D eigenvalue weighted by molar-refractivity contribution is -0.135. The van der Waals surface area contributed by atoms with E-state index in [1.165, 1.54) is 0 Å². The van der Waals surface area contributed by atoms with Gasteiger partial charge in [0, 0.05) is 12.6 Å². The minimum atomic E-state index is 0.0420. The average molecular weight is 218 g/mol. The smallest absolute Gasteiger partial charge is 0.241 e. The van der Waals surface area contributed by atoms with Gasteiger partial charge in [-0.1, -0.05) is 5.92 Å². The molecule has 1 N–H and O–H groups in total.